The number of fused-ring (bicyclic) bond motifs is 1. The Morgan fingerprint density at radius 1 is 1.41 bits per heavy atom. The normalized spacial score (nSPS) is 10.1. The molecule has 17 heavy (non-hydrogen) atoms. The lowest BCUT2D eigenvalue weighted by molar-refractivity contribution is 0.415. The summed E-state index contributed by atoms with van der Waals surface area (Å²) < 4.78 is 7.00. The van der Waals surface area contributed by atoms with Crippen LogP contribution in [0.15, 0.2) is 35.3 Å². The van der Waals surface area contributed by atoms with E-state index in [0.29, 0.717) is 24.1 Å². The van der Waals surface area contributed by atoms with Gasteiger partial charge in [0.15, 0.2) is 5.43 Å². The standard InChI is InChI=1S/C13H12N2O2/c1-17-10-3-4-12-11(9-10)13(16)5-8-15(12)7-2-6-14/h3-5,8-9H,2,7H2,1H3. The highest BCUT2D eigenvalue weighted by Gasteiger charge is 2.04. The molecule has 86 valence electrons. The second-order valence-electron chi connectivity index (χ2n) is 3.66. The maximum atomic E-state index is 11.7. The average molecular weight is 228 g/mol. The molecule has 0 spiro atoms. The van der Waals surface area contributed by atoms with Crippen molar-refractivity contribution in [2.75, 3.05) is 7.11 Å². The zero-order valence-electron chi connectivity index (χ0n) is 9.51. The van der Waals surface area contributed by atoms with Gasteiger partial charge in [-0.3, -0.25) is 4.79 Å². The van der Waals surface area contributed by atoms with Crippen molar-refractivity contribution < 1.29 is 4.74 Å². The zero-order chi connectivity index (χ0) is 12.3. The van der Waals surface area contributed by atoms with Crippen molar-refractivity contribution in [2.24, 2.45) is 0 Å². The van der Waals surface area contributed by atoms with Crippen LogP contribution in [-0.2, 0) is 6.54 Å². The summed E-state index contributed by atoms with van der Waals surface area (Å²) in [6.07, 6.45) is 2.14. The van der Waals surface area contributed by atoms with Gasteiger partial charge in [-0.25, -0.2) is 0 Å². The summed E-state index contributed by atoms with van der Waals surface area (Å²) in [6.45, 7) is 0.583. The Balaban J connectivity index is 2.62. The summed E-state index contributed by atoms with van der Waals surface area (Å²) in [5.41, 5.74) is 0.792. The third-order valence-corrected chi connectivity index (χ3v) is 2.65. The highest BCUT2D eigenvalue weighted by Crippen LogP contribution is 2.18. The van der Waals surface area contributed by atoms with Crippen LogP contribution in [0.1, 0.15) is 6.42 Å². The molecule has 0 bridgehead atoms. The van der Waals surface area contributed by atoms with Crippen molar-refractivity contribution in [1.29, 1.82) is 5.26 Å². The van der Waals surface area contributed by atoms with E-state index in [0.717, 1.165) is 5.52 Å². The Morgan fingerprint density at radius 2 is 2.24 bits per heavy atom. The maximum Gasteiger partial charge on any atom is 0.189 e. The summed E-state index contributed by atoms with van der Waals surface area (Å²) in [5, 5.41) is 9.21. The van der Waals surface area contributed by atoms with Crippen LogP contribution in [0.5, 0.6) is 5.75 Å². The molecule has 4 heteroatoms. The number of ether oxygens (including phenoxy) is 1. The molecule has 1 heterocycles. The number of hydrogen-bond donors (Lipinski definition) is 0. The van der Waals surface area contributed by atoms with E-state index < -0.39 is 0 Å². The molecule has 0 aliphatic carbocycles. The SMILES string of the molecule is COc1ccc2c(c1)c(=O)ccn2CCC#N. The summed E-state index contributed by atoms with van der Waals surface area (Å²) >= 11 is 0. The summed E-state index contributed by atoms with van der Waals surface area (Å²) in [4.78, 5) is 11.7. The van der Waals surface area contributed by atoms with Crippen LogP contribution >= 0.6 is 0 Å². The van der Waals surface area contributed by atoms with Crippen molar-refractivity contribution in [3.63, 3.8) is 0 Å². The van der Waals surface area contributed by atoms with Crippen LogP contribution in [0, 0.1) is 11.3 Å². The predicted molar refractivity (Wildman–Crippen MR) is 65.0 cm³/mol. The molecule has 2 rings (SSSR count). The molecule has 0 aliphatic rings. The van der Waals surface area contributed by atoms with Gasteiger partial charge in [-0.1, -0.05) is 0 Å². The molecule has 2 aromatic rings. The number of aryl methyl sites for hydroxylation is 1. The molecule has 0 saturated heterocycles. The van der Waals surface area contributed by atoms with Gasteiger partial charge >= 0.3 is 0 Å². The monoisotopic (exact) mass is 228 g/mol. The van der Waals surface area contributed by atoms with Gasteiger partial charge in [0.1, 0.15) is 5.75 Å². The smallest absolute Gasteiger partial charge is 0.189 e. The van der Waals surface area contributed by atoms with Gasteiger partial charge < -0.3 is 9.30 Å². The third kappa shape index (κ3) is 2.13. The first kappa shape index (κ1) is 11.2. The Bertz CT molecular complexity index is 638. The van der Waals surface area contributed by atoms with E-state index in [1.165, 1.54) is 6.07 Å². The molecule has 0 N–H and O–H groups in total. The Morgan fingerprint density at radius 3 is 2.94 bits per heavy atom. The highest BCUT2D eigenvalue weighted by atomic mass is 16.5. The number of pyridine rings is 1. The first-order chi connectivity index (χ1) is 8.26. The van der Waals surface area contributed by atoms with E-state index in [1.54, 1.807) is 19.4 Å². The van der Waals surface area contributed by atoms with Crippen LogP contribution in [0.25, 0.3) is 10.9 Å². The lowest BCUT2D eigenvalue weighted by atomic mass is 10.2. The van der Waals surface area contributed by atoms with Crippen molar-refractivity contribution in [3.8, 4) is 11.8 Å². The third-order valence-electron chi connectivity index (χ3n) is 2.65. The van der Waals surface area contributed by atoms with Gasteiger partial charge in [-0.15, -0.1) is 0 Å². The fourth-order valence-electron chi connectivity index (χ4n) is 1.78. The van der Waals surface area contributed by atoms with Gasteiger partial charge in [0, 0.05) is 24.2 Å². The average Bonchev–Trinajstić information content (AvgIpc) is 2.38. The van der Waals surface area contributed by atoms with E-state index in [4.69, 9.17) is 10.00 Å². The van der Waals surface area contributed by atoms with Crippen LogP contribution in [0.3, 0.4) is 0 Å². The maximum absolute atomic E-state index is 11.7. The van der Waals surface area contributed by atoms with Gasteiger partial charge in [0.05, 0.1) is 25.1 Å². The molecule has 1 aromatic carbocycles. The largest absolute Gasteiger partial charge is 0.497 e. The molecular formula is C13H12N2O2. The van der Waals surface area contributed by atoms with Gasteiger partial charge in [-0.05, 0) is 18.2 Å². The van der Waals surface area contributed by atoms with Gasteiger partial charge in [0.2, 0.25) is 0 Å². The molecule has 0 radical (unpaired) electrons. The fourth-order valence-corrected chi connectivity index (χ4v) is 1.78. The highest BCUT2D eigenvalue weighted by molar-refractivity contribution is 5.80. The Hall–Kier alpha value is -2.28. The fraction of sp³-hybridized carbons (Fsp3) is 0.231. The topological polar surface area (TPSA) is 55.0 Å². The van der Waals surface area contributed by atoms with E-state index in [2.05, 4.69) is 6.07 Å². The molecule has 0 aliphatic heterocycles. The molecule has 0 atom stereocenters. The second kappa shape index (κ2) is 4.71. The molecule has 1 aromatic heterocycles. The molecule has 4 nitrogen and oxygen atoms in total. The molecule has 0 unspecified atom stereocenters. The molecule has 0 amide bonds. The number of methoxy groups -OCH3 is 1. The Kier molecular flexibility index (Phi) is 3.10. The van der Waals surface area contributed by atoms with Crippen LogP contribution in [-0.4, -0.2) is 11.7 Å². The molecule has 0 saturated carbocycles. The lowest BCUT2D eigenvalue weighted by Crippen LogP contribution is -2.08. The van der Waals surface area contributed by atoms with Crippen molar-refractivity contribution in [2.45, 2.75) is 13.0 Å². The summed E-state index contributed by atoms with van der Waals surface area (Å²) in [7, 11) is 1.57. The quantitative estimate of drug-likeness (QED) is 0.806. The minimum atomic E-state index is -0.0351. The second-order valence-corrected chi connectivity index (χ2v) is 3.66. The first-order valence-corrected chi connectivity index (χ1v) is 5.30. The van der Waals surface area contributed by atoms with Crippen LogP contribution in [0.4, 0.5) is 0 Å². The number of rotatable bonds is 3. The molecule has 0 fully saturated rings. The van der Waals surface area contributed by atoms with Crippen molar-refractivity contribution >= 4 is 10.9 Å². The number of nitrogens with zero attached hydrogens (tertiary/aromatic N) is 2. The Labute approximate surface area is 98.7 Å². The summed E-state index contributed by atoms with van der Waals surface area (Å²) in [6, 6.07) is 8.98. The lowest BCUT2D eigenvalue weighted by Gasteiger charge is -2.09. The van der Waals surface area contributed by atoms with Crippen molar-refractivity contribution in [1.82, 2.24) is 4.57 Å². The van der Waals surface area contributed by atoms with E-state index in [9.17, 15) is 4.79 Å². The van der Waals surface area contributed by atoms with E-state index >= 15 is 0 Å². The minimum absolute atomic E-state index is 0.0351. The molecular weight excluding hydrogens is 216 g/mol. The van der Waals surface area contributed by atoms with Crippen LogP contribution < -0.4 is 10.2 Å². The van der Waals surface area contributed by atoms with E-state index in [1.807, 2.05) is 16.7 Å². The van der Waals surface area contributed by atoms with Gasteiger partial charge in [0.25, 0.3) is 0 Å². The van der Waals surface area contributed by atoms with Gasteiger partial charge in [-0.2, -0.15) is 5.26 Å². The minimum Gasteiger partial charge on any atom is -0.497 e. The summed E-state index contributed by atoms with van der Waals surface area (Å²) in [5.74, 6) is 0.660. The first-order valence-electron chi connectivity index (χ1n) is 5.30. The number of benzene rings is 1. The number of hydrogen-bond acceptors (Lipinski definition) is 3. The van der Waals surface area contributed by atoms with E-state index in [-0.39, 0.29) is 5.43 Å². The van der Waals surface area contributed by atoms with Crippen LogP contribution in [0.2, 0.25) is 0 Å². The number of aromatic nitrogens is 1. The van der Waals surface area contributed by atoms with Crippen molar-refractivity contribution in [3.05, 3.63) is 40.7 Å². The predicted octanol–water partition coefficient (Wildman–Crippen LogP) is 1.92. The number of nitriles is 1. The zero-order valence-corrected chi connectivity index (χ0v) is 9.51.